The van der Waals surface area contributed by atoms with Crippen molar-refractivity contribution in [1.82, 2.24) is 4.98 Å². The van der Waals surface area contributed by atoms with Gasteiger partial charge < -0.3 is 20.8 Å². The molecule has 1 aromatic heterocycles. The summed E-state index contributed by atoms with van der Waals surface area (Å²) in [6.45, 7) is 1.04. The number of carbonyl (C=O) groups is 2. The Bertz CT molecular complexity index is 831. The Balaban J connectivity index is 1.76. The molecule has 8 heteroatoms. The van der Waals surface area contributed by atoms with Gasteiger partial charge in [-0.2, -0.15) is 0 Å². The van der Waals surface area contributed by atoms with Gasteiger partial charge in [0.25, 0.3) is 0 Å². The van der Waals surface area contributed by atoms with Gasteiger partial charge in [-0.05, 0) is 30.0 Å². The van der Waals surface area contributed by atoms with Crippen LogP contribution in [0.1, 0.15) is 62.3 Å². The summed E-state index contributed by atoms with van der Waals surface area (Å²) in [5.41, 5.74) is 1.94. The molecule has 1 aliphatic rings. The minimum Gasteiger partial charge on any atom is -0.393 e. The number of amides is 2. The molecule has 7 nitrogen and oxygen atoms in total. The number of aliphatic hydroxyl groups is 2. The van der Waals surface area contributed by atoms with E-state index in [0.717, 1.165) is 24.8 Å². The van der Waals surface area contributed by atoms with Crippen LogP contribution in [-0.4, -0.2) is 33.6 Å². The van der Waals surface area contributed by atoms with Crippen molar-refractivity contribution in [3.8, 4) is 0 Å². The van der Waals surface area contributed by atoms with E-state index in [1.54, 1.807) is 5.38 Å². The highest BCUT2D eigenvalue weighted by molar-refractivity contribution is 7.13. The van der Waals surface area contributed by atoms with E-state index < -0.39 is 12.7 Å². The maximum atomic E-state index is 13.1. The molecule has 3 rings (SSSR count). The molecule has 1 saturated carbocycles. The number of thiazole rings is 1. The van der Waals surface area contributed by atoms with Crippen LogP contribution in [0.4, 0.5) is 10.8 Å². The number of carbonyl (C=O) groups excluding carboxylic acids is 2. The lowest BCUT2D eigenvalue weighted by atomic mass is 9.87. The lowest BCUT2D eigenvalue weighted by molar-refractivity contribution is -0.118. The second kappa shape index (κ2) is 9.96. The number of hydrogen-bond donors (Lipinski definition) is 4. The highest BCUT2D eigenvalue weighted by Gasteiger charge is 2.27. The van der Waals surface area contributed by atoms with Crippen LogP contribution in [0, 0.1) is 5.92 Å². The summed E-state index contributed by atoms with van der Waals surface area (Å²) >= 11 is 1.22. The number of nitrogens with one attached hydrogen (secondary N) is 2. The molecule has 0 radical (unpaired) electrons. The van der Waals surface area contributed by atoms with Crippen LogP contribution in [-0.2, 0) is 9.59 Å². The smallest absolute Gasteiger partial charge is 0.233 e. The van der Waals surface area contributed by atoms with E-state index in [1.807, 2.05) is 24.3 Å². The molecule has 1 heterocycles. The van der Waals surface area contributed by atoms with Crippen molar-refractivity contribution in [3.63, 3.8) is 0 Å². The molecule has 1 fully saturated rings. The van der Waals surface area contributed by atoms with Gasteiger partial charge in [0.2, 0.25) is 11.8 Å². The second-order valence-electron chi connectivity index (χ2n) is 7.51. The molecule has 4 N–H and O–H groups in total. The Labute approximate surface area is 174 Å². The normalized spacial score (nSPS) is 16.4. The van der Waals surface area contributed by atoms with Gasteiger partial charge >= 0.3 is 0 Å². The average Bonchev–Trinajstić information content (AvgIpc) is 3.38. The maximum Gasteiger partial charge on any atom is 0.233 e. The number of anilines is 2. The van der Waals surface area contributed by atoms with Gasteiger partial charge in [-0.1, -0.05) is 37.8 Å². The molecule has 2 unspecified atom stereocenters. The molecule has 29 heavy (non-hydrogen) atoms. The Kier molecular flexibility index (Phi) is 7.35. The van der Waals surface area contributed by atoms with Crippen LogP contribution in [0.25, 0.3) is 0 Å². The summed E-state index contributed by atoms with van der Waals surface area (Å²) < 4.78 is 0. The largest absolute Gasteiger partial charge is 0.393 e. The minimum absolute atomic E-state index is 0.136. The molecule has 2 aromatic rings. The highest BCUT2D eigenvalue weighted by atomic mass is 32.1. The van der Waals surface area contributed by atoms with Gasteiger partial charge in [0.15, 0.2) is 5.13 Å². The van der Waals surface area contributed by atoms with Crippen molar-refractivity contribution < 1.29 is 19.8 Å². The Hall–Kier alpha value is -2.29. The molecule has 0 saturated heterocycles. The molecule has 0 aliphatic heterocycles. The van der Waals surface area contributed by atoms with Gasteiger partial charge in [-0.3, -0.25) is 9.59 Å². The fourth-order valence-electron chi connectivity index (χ4n) is 3.76. The summed E-state index contributed by atoms with van der Waals surface area (Å²) in [6.07, 6.45) is 4.40. The van der Waals surface area contributed by atoms with Crippen molar-refractivity contribution >= 4 is 34.0 Å². The van der Waals surface area contributed by atoms with Crippen molar-refractivity contribution in [3.05, 3.63) is 40.9 Å². The SMILES string of the molecule is CC(=O)Nc1ccc(C(CC2CCCC2)C(=O)Nc2nc(C(O)CO)cs2)cc1. The van der Waals surface area contributed by atoms with Gasteiger partial charge in [0.05, 0.1) is 18.2 Å². The first kappa shape index (κ1) is 21.4. The third-order valence-electron chi connectivity index (χ3n) is 5.26. The van der Waals surface area contributed by atoms with Crippen molar-refractivity contribution in [2.45, 2.75) is 51.0 Å². The van der Waals surface area contributed by atoms with E-state index in [2.05, 4.69) is 15.6 Å². The molecule has 2 amide bonds. The lowest BCUT2D eigenvalue weighted by Crippen LogP contribution is -2.23. The minimum atomic E-state index is -1.05. The van der Waals surface area contributed by atoms with Gasteiger partial charge in [0, 0.05) is 18.0 Å². The molecule has 156 valence electrons. The van der Waals surface area contributed by atoms with Crippen LogP contribution >= 0.6 is 11.3 Å². The van der Waals surface area contributed by atoms with Gasteiger partial charge in [-0.15, -0.1) is 11.3 Å². The summed E-state index contributed by atoms with van der Waals surface area (Å²) in [5, 5.41) is 26.4. The third-order valence-corrected chi connectivity index (χ3v) is 6.04. The number of nitrogens with zero attached hydrogens (tertiary/aromatic N) is 1. The second-order valence-corrected chi connectivity index (χ2v) is 8.37. The predicted octanol–water partition coefficient (Wildman–Crippen LogP) is 3.43. The number of hydrogen-bond acceptors (Lipinski definition) is 6. The summed E-state index contributed by atoms with van der Waals surface area (Å²) in [4.78, 5) is 28.5. The molecule has 1 aliphatic carbocycles. The van der Waals surface area contributed by atoms with Crippen LogP contribution in [0.15, 0.2) is 29.6 Å². The first-order valence-electron chi connectivity index (χ1n) is 9.89. The number of benzene rings is 1. The molecular formula is C21H27N3O4S. The number of rotatable bonds is 8. The lowest BCUT2D eigenvalue weighted by Gasteiger charge is -2.20. The molecule has 0 bridgehead atoms. The van der Waals surface area contributed by atoms with Crippen LogP contribution in [0.2, 0.25) is 0 Å². The summed E-state index contributed by atoms with van der Waals surface area (Å²) in [6, 6.07) is 7.38. The number of aromatic nitrogens is 1. The van der Waals surface area contributed by atoms with Crippen LogP contribution in [0.3, 0.4) is 0 Å². The zero-order chi connectivity index (χ0) is 20.8. The topological polar surface area (TPSA) is 112 Å². The van der Waals surface area contributed by atoms with E-state index in [9.17, 15) is 14.7 Å². The zero-order valence-corrected chi connectivity index (χ0v) is 17.2. The van der Waals surface area contributed by atoms with Crippen molar-refractivity contribution in [2.75, 3.05) is 17.2 Å². The average molecular weight is 418 g/mol. The van der Waals surface area contributed by atoms with E-state index in [1.165, 1.54) is 31.1 Å². The monoisotopic (exact) mass is 417 g/mol. The molecule has 1 aromatic carbocycles. The standard InChI is InChI=1S/C21H27N3O4S/c1-13(26)22-16-8-6-15(7-9-16)17(10-14-4-2-3-5-14)20(28)24-21-23-18(12-29-21)19(27)11-25/h6-9,12,14,17,19,25,27H,2-5,10-11H2,1H3,(H,22,26)(H,23,24,28). The fraction of sp³-hybridized carbons (Fsp3) is 0.476. The Morgan fingerprint density at radius 3 is 2.52 bits per heavy atom. The van der Waals surface area contributed by atoms with Gasteiger partial charge in [-0.25, -0.2) is 4.98 Å². The van der Waals surface area contributed by atoms with E-state index in [0.29, 0.717) is 22.4 Å². The molecule has 0 spiro atoms. The predicted molar refractivity (Wildman–Crippen MR) is 113 cm³/mol. The highest BCUT2D eigenvalue weighted by Crippen LogP contribution is 2.35. The fourth-order valence-corrected chi connectivity index (χ4v) is 4.52. The van der Waals surface area contributed by atoms with Gasteiger partial charge in [0.1, 0.15) is 6.10 Å². The first-order valence-corrected chi connectivity index (χ1v) is 10.8. The van der Waals surface area contributed by atoms with Crippen molar-refractivity contribution in [2.24, 2.45) is 5.92 Å². The Morgan fingerprint density at radius 1 is 1.21 bits per heavy atom. The number of aliphatic hydroxyl groups excluding tert-OH is 2. The van der Waals surface area contributed by atoms with E-state index >= 15 is 0 Å². The third kappa shape index (κ3) is 5.85. The van der Waals surface area contributed by atoms with Crippen molar-refractivity contribution in [1.29, 1.82) is 0 Å². The van der Waals surface area contributed by atoms with Crippen LogP contribution in [0.5, 0.6) is 0 Å². The van der Waals surface area contributed by atoms with Crippen LogP contribution < -0.4 is 10.6 Å². The maximum absolute atomic E-state index is 13.1. The first-order chi connectivity index (χ1) is 14.0. The molecule has 2 atom stereocenters. The summed E-state index contributed by atoms with van der Waals surface area (Å²) in [7, 11) is 0. The van der Waals surface area contributed by atoms with E-state index in [-0.39, 0.29) is 17.7 Å². The molecular weight excluding hydrogens is 390 g/mol. The Morgan fingerprint density at radius 2 is 1.90 bits per heavy atom. The zero-order valence-electron chi connectivity index (χ0n) is 16.4. The van der Waals surface area contributed by atoms with E-state index in [4.69, 9.17) is 5.11 Å². The quantitative estimate of drug-likeness (QED) is 0.526. The summed E-state index contributed by atoms with van der Waals surface area (Å²) in [5.74, 6) is -0.0744.